The molecule has 0 amide bonds. The van der Waals surface area contributed by atoms with E-state index in [0.717, 1.165) is 36.7 Å². The van der Waals surface area contributed by atoms with Gasteiger partial charge in [0.2, 0.25) is 20.0 Å². The molecule has 7 nitrogen and oxygen atoms in total. The number of sulfonamides is 2. The molecule has 0 saturated heterocycles. The van der Waals surface area contributed by atoms with E-state index in [2.05, 4.69) is 15.5 Å². The van der Waals surface area contributed by atoms with Gasteiger partial charge in [-0.25, -0.2) is 26.3 Å². The van der Waals surface area contributed by atoms with Crippen molar-refractivity contribution in [3.8, 4) is 5.75 Å². The lowest BCUT2D eigenvalue weighted by molar-refractivity contribution is 0.323. The summed E-state index contributed by atoms with van der Waals surface area (Å²) in [7, 11) is -6.57. The van der Waals surface area contributed by atoms with Gasteiger partial charge >= 0.3 is 0 Å². The second-order valence-corrected chi connectivity index (χ2v) is 11.0. The third kappa shape index (κ3) is 6.91. The number of hydrogen-bond acceptors (Lipinski definition) is 5. The zero-order valence-electron chi connectivity index (χ0n) is 15.9. The summed E-state index contributed by atoms with van der Waals surface area (Å²) < 4.78 is 57.2. The van der Waals surface area contributed by atoms with E-state index in [-0.39, 0.29) is 19.2 Å². The third-order valence-electron chi connectivity index (χ3n) is 4.29. The lowest BCUT2D eigenvalue weighted by Gasteiger charge is -2.26. The van der Waals surface area contributed by atoms with Crippen LogP contribution in [0.3, 0.4) is 0 Å². The molecule has 0 spiro atoms. The Morgan fingerprint density at radius 2 is 1.81 bits per heavy atom. The van der Waals surface area contributed by atoms with Crippen LogP contribution in [0, 0.1) is 0 Å². The number of hydrogen-bond donors (Lipinski definition) is 2. The van der Waals surface area contributed by atoms with Gasteiger partial charge < -0.3 is 4.74 Å². The van der Waals surface area contributed by atoms with Crippen LogP contribution in [0.5, 0.6) is 5.75 Å². The molecule has 2 rings (SSSR count). The van der Waals surface area contributed by atoms with Crippen molar-refractivity contribution in [2.45, 2.75) is 44.4 Å². The second-order valence-electron chi connectivity index (χ2n) is 6.89. The summed E-state index contributed by atoms with van der Waals surface area (Å²) in [5.74, 6) is 0.629. The number of nitrogens with one attached hydrogen (secondary N) is 2. The average Bonchev–Trinajstić information content (AvgIpc) is 2.59. The molecule has 1 unspecified atom stereocenters. The molecule has 0 aromatic heterocycles. The first-order valence-corrected chi connectivity index (χ1v) is 12.4. The minimum absolute atomic E-state index is 0.199. The van der Waals surface area contributed by atoms with Gasteiger partial charge in [-0.2, -0.15) is 0 Å². The van der Waals surface area contributed by atoms with E-state index < -0.39 is 25.3 Å². The lowest BCUT2D eigenvalue weighted by atomic mass is 9.90. The fraction of sp³-hybridized carbons (Fsp3) is 0.556. The molecular formula is C18H28N2O5S2. The van der Waals surface area contributed by atoms with E-state index in [1.807, 2.05) is 12.1 Å². The Morgan fingerprint density at radius 3 is 2.41 bits per heavy atom. The zero-order chi connectivity index (χ0) is 20.1. The maximum absolute atomic E-state index is 12.2. The molecule has 1 aromatic rings. The van der Waals surface area contributed by atoms with Crippen LogP contribution in [0.1, 0.15) is 38.7 Å². The summed E-state index contributed by atoms with van der Waals surface area (Å²) in [5.41, 5.74) is 1.93. The number of allylic oxidation sites excluding steroid dienone is 1. The van der Waals surface area contributed by atoms with Crippen LogP contribution < -0.4 is 14.2 Å². The largest absolute Gasteiger partial charge is 0.492 e. The van der Waals surface area contributed by atoms with E-state index in [0.29, 0.717) is 5.75 Å². The van der Waals surface area contributed by atoms with Gasteiger partial charge in [0, 0.05) is 12.6 Å². The van der Waals surface area contributed by atoms with Crippen molar-refractivity contribution in [3.05, 3.63) is 35.9 Å². The first-order valence-electron chi connectivity index (χ1n) is 8.97. The van der Waals surface area contributed by atoms with Crippen LogP contribution >= 0.6 is 0 Å². The van der Waals surface area contributed by atoms with Crippen LogP contribution in [0.15, 0.2) is 30.3 Å². The standard InChI is InChI=1S/C18H28N2O5S2/c1-14(2)27(23,24)20-18-7-5-4-6-17(18)15-8-10-16(11-9-15)25-13-12-19-26(3,21)22/h6,8-11,14,18-20H,4-5,7,12-13H2,1-3H3. The van der Waals surface area contributed by atoms with Gasteiger partial charge in [-0.05, 0) is 56.4 Å². The fourth-order valence-electron chi connectivity index (χ4n) is 2.79. The van der Waals surface area contributed by atoms with Crippen molar-refractivity contribution >= 4 is 25.6 Å². The van der Waals surface area contributed by atoms with Crippen LogP contribution in [-0.4, -0.2) is 47.5 Å². The average molecular weight is 417 g/mol. The van der Waals surface area contributed by atoms with E-state index in [9.17, 15) is 16.8 Å². The van der Waals surface area contributed by atoms with Crippen molar-refractivity contribution in [3.63, 3.8) is 0 Å². The first-order chi connectivity index (χ1) is 12.6. The highest BCUT2D eigenvalue weighted by Crippen LogP contribution is 2.29. The van der Waals surface area contributed by atoms with E-state index in [1.165, 1.54) is 0 Å². The Hall–Kier alpha value is -1.42. The van der Waals surface area contributed by atoms with E-state index in [1.54, 1.807) is 26.0 Å². The molecule has 0 aliphatic heterocycles. The molecule has 1 aliphatic rings. The topological polar surface area (TPSA) is 102 Å². The minimum Gasteiger partial charge on any atom is -0.492 e. The van der Waals surface area contributed by atoms with Crippen LogP contribution in [0.25, 0.3) is 5.57 Å². The summed E-state index contributed by atoms with van der Waals surface area (Å²) in [4.78, 5) is 0. The van der Waals surface area contributed by atoms with Gasteiger partial charge in [-0.15, -0.1) is 0 Å². The van der Waals surface area contributed by atoms with Gasteiger partial charge in [-0.3, -0.25) is 0 Å². The predicted octanol–water partition coefficient (Wildman–Crippen LogP) is 1.88. The normalized spacial score (nSPS) is 18.4. The molecular weight excluding hydrogens is 388 g/mol. The summed E-state index contributed by atoms with van der Waals surface area (Å²) in [6.07, 6.45) is 5.83. The van der Waals surface area contributed by atoms with Crippen LogP contribution in [0.4, 0.5) is 0 Å². The third-order valence-corrected chi connectivity index (χ3v) is 6.87. The second kappa shape index (κ2) is 9.18. The molecule has 1 aromatic carbocycles. The maximum atomic E-state index is 12.2. The highest BCUT2D eigenvalue weighted by atomic mass is 32.2. The Labute approximate surface area is 162 Å². The molecule has 0 radical (unpaired) electrons. The van der Waals surface area contributed by atoms with Crippen molar-refractivity contribution < 1.29 is 21.6 Å². The molecule has 152 valence electrons. The van der Waals surface area contributed by atoms with E-state index in [4.69, 9.17) is 4.74 Å². The fourth-order valence-corrected chi connectivity index (χ4v) is 4.16. The van der Waals surface area contributed by atoms with Gasteiger partial charge in [-0.1, -0.05) is 18.2 Å². The SMILES string of the molecule is CC(C)S(=O)(=O)NC1CCCC=C1c1ccc(OCCNS(C)(=O)=O)cc1. The van der Waals surface area contributed by atoms with Gasteiger partial charge in [0.1, 0.15) is 12.4 Å². The van der Waals surface area contributed by atoms with Crippen molar-refractivity contribution in [2.24, 2.45) is 0 Å². The smallest absolute Gasteiger partial charge is 0.214 e. The maximum Gasteiger partial charge on any atom is 0.214 e. The molecule has 0 saturated carbocycles. The van der Waals surface area contributed by atoms with Crippen LogP contribution in [-0.2, 0) is 20.0 Å². The van der Waals surface area contributed by atoms with E-state index >= 15 is 0 Å². The lowest BCUT2D eigenvalue weighted by Crippen LogP contribution is -2.40. The van der Waals surface area contributed by atoms with Gasteiger partial charge in [0.05, 0.1) is 11.5 Å². The molecule has 0 heterocycles. The molecule has 27 heavy (non-hydrogen) atoms. The molecule has 9 heteroatoms. The van der Waals surface area contributed by atoms with Gasteiger partial charge in [0.15, 0.2) is 0 Å². The van der Waals surface area contributed by atoms with Crippen molar-refractivity contribution in [2.75, 3.05) is 19.4 Å². The Bertz CT molecular complexity index is 860. The Kier molecular flexibility index (Phi) is 7.44. The highest BCUT2D eigenvalue weighted by Gasteiger charge is 2.26. The molecule has 1 atom stereocenters. The van der Waals surface area contributed by atoms with Gasteiger partial charge in [0.25, 0.3) is 0 Å². The zero-order valence-corrected chi connectivity index (χ0v) is 17.6. The number of ether oxygens (including phenoxy) is 1. The molecule has 0 bridgehead atoms. The Balaban J connectivity index is 2.02. The first kappa shape index (κ1) is 21.9. The van der Waals surface area contributed by atoms with Crippen LogP contribution in [0.2, 0.25) is 0 Å². The molecule has 0 fully saturated rings. The predicted molar refractivity (Wildman–Crippen MR) is 108 cm³/mol. The summed E-state index contributed by atoms with van der Waals surface area (Å²) in [5, 5.41) is -0.475. The summed E-state index contributed by atoms with van der Waals surface area (Å²) in [6, 6.07) is 7.18. The van der Waals surface area contributed by atoms with Crippen molar-refractivity contribution in [1.29, 1.82) is 0 Å². The highest BCUT2D eigenvalue weighted by molar-refractivity contribution is 7.90. The van der Waals surface area contributed by atoms with Crippen molar-refractivity contribution in [1.82, 2.24) is 9.44 Å². The molecule has 2 N–H and O–H groups in total. The Morgan fingerprint density at radius 1 is 1.15 bits per heavy atom. The summed E-state index contributed by atoms with van der Waals surface area (Å²) >= 11 is 0. The summed E-state index contributed by atoms with van der Waals surface area (Å²) in [6.45, 7) is 3.76. The monoisotopic (exact) mass is 416 g/mol. The number of rotatable bonds is 9. The number of benzene rings is 1. The minimum atomic E-state index is -3.35. The quantitative estimate of drug-likeness (QED) is 0.599. The molecule has 1 aliphatic carbocycles.